The van der Waals surface area contributed by atoms with Crippen LogP contribution in [0.4, 0.5) is 0 Å². The van der Waals surface area contributed by atoms with E-state index in [2.05, 4.69) is 19.2 Å². The van der Waals surface area contributed by atoms with E-state index in [0.717, 1.165) is 0 Å². The average Bonchev–Trinajstić information content (AvgIpc) is 1.79. The molecule has 0 saturated carbocycles. The lowest BCUT2D eigenvalue weighted by Crippen LogP contribution is -2.37. The summed E-state index contributed by atoms with van der Waals surface area (Å²) < 4.78 is 5.55. The van der Waals surface area contributed by atoms with Crippen LogP contribution < -0.4 is 5.32 Å². The SMILES string of the molecule is CC1OC(C)(C)N[C@H]1C. The van der Waals surface area contributed by atoms with E-state index in [9.17, 15) is 0 Å². The van der Waals surface area contributed by atoms with Gasteiger partial charge in [-0.15, -0.1) is 0 Å². The van der Waals surface area contributed by atoms with Crippen LogP contribution in [0.25, 0.3) is 0 Å². The Bertz CT molecular complexity index is 99.5. The Kier molecular flexibility index (Phi) is 1.53. The van der Waals surface area contributed by atoms with Crippen molar-refractivity contribution >= 4 is 0 Å². The molecule has 0 amide bonds. The smallest absolute Gasteiger partial charge is 0.114 e. The molecule has 0 spiro atoms. The summed E-state index contributed by atoms with van der Waals surface area (Å²) in [6.07, 6.45) is 0.347. The number of hydrogen-bond donors (Lipinski definition) is 1. The molecule has 0 bridgehead atoms. The maximum Gasteiger partial charge on any atom is 0.114 e. The molecule has 1 N–H and O–H groups in total. The predicted molar refractivity (Wildman–Crippen MR) is 37.2 cm³/mol. The van der Waals surface area contributed by atoms with Crippen molar-refractivity contribution in [1.82, 2.24) is 5.32 Å². The number of rotatable bonds is 0. The lowest BCUT2D eigenvalue weighted by atomic mass is 10.2. The van der Waals surface area contributed by atoms with Crippen molar-refractivity contribution in [1.29, 1.82) is 0 Å². The quantitative estimate of drug-likeness (QED) is 0.529. The highest BCUT2D eigenvalue weighted by Gasteiger charge is 2.33. The molecule has 9 heavy (non-hydrogen) atoms. The molecule has 1 fully saturated rings. The maximum absolute atomic E-state index is 5.55. The Morgan fingerprint density at radius 1 is 1.33 bits per heavy atom. The molecule has 0 radical (unpaired) electrons. The Balaban J connectivity index is 2.54. The number of ether oxygens (including phenoxy) is 1. The zero-order chi connectivity index (χ0) is 7.07. The second-order valence-electron chi connectivity index (χ2n) is 3.27. The third-order valence-electron chi connectivity index (χ3n) is 1.76. The fourth-order valence-corrected chi connectivity index (χ4v) is 1.27. The summed E-state index contributed by atoms with van der Waals surface area (Å²) in [4.78, 5) is 0. The lowest BCUT2D eigenvalue weighted by Gasteiger charge is -2.17. The third kappa shape index (κ3) is 1.43. The van der Waals surface area contributed by atoms with E-state index in [1.54, 1.807) is 0 Å². The van der Waals surface area contributed by atoms with Gasteiger partial charge in [0.1, 0.15) is 5.72 Å². The average molecular weight is 129 g/mol. The molecular formula is C7H15NO. The fourth-order valence-electron chi connectivity index (χ4n) is 1.27. The van der Waals surface area contributed by atoms with Gasteiger partial charge in [-0.2, -0.15) is 0 Å². The van der Waals surface area contributed by atoms with Crippen molar-refractivity contribution in [3.63, 3.8) is 0 Å². The molecule has 2 heteroatoms. The van der Waals surface area contributed by atoms with Crippen LogP contribution in [0.2, 0.25) is 0 Å². The Hall–Kier alpha value is -0.0800. The van der Waals surface area contributed by atoms with Gasteiger partial charge in [0.25, 0.3) is 0 Å². The summed E-state index contributed by atoms with van der Waals surface area (Å²) in [7, 11) is 0. The highest BCUT2D eigenvalue weighted by Crippen LogP contribution is 2.19. The summed E-state index contributed by atoms with van der Waals surface area (Å²) >= 11 is 0. The maximum atomic E-state index is 5.55. The van der Waals surface area contributed by atoms with Gasteiger partial charge in [-0.05, 0) is 27.7 Å². The highest BCUT2D eigenvalue weighted by molar-refractivity contribution is 4.84. The molecule has 1 aliphatic heterocycles. The Morgan fingerprint density at radius 3 is 2.00 bits per heavy atom. The Labute approximate surface area is 56.6 Å². The minimum atomic E-state index is -0.112. The van der Waals surface area contributed by atoms with Gasteiger partial charge in [-0.25, -0.2) is 0 Å². The van der Waals surface area contributed by atoms with E-state index in [0.29, 0.717) is 12.1 Å². The van der Waals surface area contributed by atoms with Gasteiger partial charge < -0.3 is 4.74 Å². The van der Waals surface area contributed by atoms with Crippen LogP contribution in [-0.2, 0) is 4.74 Å². The second kappa shape index (κ2) is 1.96. The first kappa shape index (κ1) is 7.03. The van der Waals surface area contributed by atoms with E-state index in [4.69, 9.17) is 4.74 Å². The molecule has 1 unspecified atom stereocenters. The van der Waals surface area contributed by atoms with E-state index in [1.165, 1.54) is 0 Å². The van der Waals surface area contributed by atoms with Crippen LogP contribution in [-0.4, -0.2) is 17.9 Å². The van der Waals surface area contributed by atoms with Crippen molar-refractivity contribution < 1.29 is 4.74 Å². The molecule has 0 aromatic carbocycles. The predicted octanol–water partition coefficient (Wildman–Crippen LogP) is 1.12. The van der Waals surface area contributed by atoms with Crippen molar-refractivity contribution in [2.24, 2.45) is 0 Å². The topological polar surface area (TPSA) is 21.3 Å². The lowest BCUT2D eigenvalue weighted by molar-refractivity contribution is -0.0168. The number of hydrogen-bond acceptors (Lipinski definition) is 2. The van der Waals surface area contributed by atoms with Gasteiger partial charge in [0.15, 0.2) is 0 Å². The number of nitrogens with one attached hydrogen (secondary N) is 1. The summed E-state index contributed by atoms with van der Waals surface area (Å²) in [5.74, 6) is 0. The van der Waals surface area contributed by atoms with Gasteiger partial charge in [0.05, 0.1) is 6.10 Å². The summed E-state index contributed by atoms with van der Waals surface area (Å²) in [5, 5.41) is 3.32. The first-order valence-corrected chi connectivity index (χ1v) is 3.47. The van der Waals surface area contributed by atoms with Gasteiger partial charge >= 0.3 is 0 Å². The summed E-state index contributed by atoms with van der Waals surface area (Å²) in [6, 6.07) is 0.486. The Morgan fingerprint density at radius 2 is 1.89 bits per heavy atom. The first-order chi connectivity index (χ1) is 4.01. The molecule has 0 aliphatic carbocycles. The second-order valence-corrected chi connectivity index (χ2v) is 3.27. The van der Waals surface area contributed by atoms with E-state index in [1.807, 2.05) is 13.8 Å². The van der Waals surface area contributed by atoms with E-state index in [-0.39, 0.29) is 5.72 Å². The van der Waals surface area contributed by atoms with Crippen LogP contribution in [0.5, 0.6) is 0 Å². The largest absolute Gasteiger partial charge is 0.357 e. The van der Waals surface area contributed by atoms with Crippen LogP contribution in [0.1, 0.15) is 27.7 Å². The van der Waals surface area contributed by atoms with Crippen molar-refractivity contribution in [3.8, 4) is 0 Å². The monoisotopic (exact) mass is 129 g/mol. The molecule has 1 heterocycles. The zero-order valence-corrected chi connectivity index (χ0v) is 6.56. The molecule has 1 rings (SSSR count). The summed E-state index contributed by atoms with van der Waals surface area (Å²) in [6.45, 7) is 8.33. The molecule has 1 saturated heterocycles. The van der Waals surface area contributed by atoms with Crippen LogP contribution in [0, 0.1) is 0 Å². The standard InChI is InChI=1S/C7H15NO/c1-5-6(2)9-7(3,4)8-5/h5-6,8H,1-4H3/t5-,6?/m0/s1. The molecule has 0 aromatic heterocycles. The first-order valence-electron chi connectivity index (χ1n) is 3.47. The zero-order valence-electron chi connectivity index (χ0n) is 6.56. The molecule has 0 aromatic rings. The van der Waals surface area contributed by atoms with Crippen molar-refractivity contribution in [3.05, 3.63) is 0 Å². The molecule has 54 valence electrons. The van der Waals surface area contributed by atoms with Crippen LogP contribution in [0.15, 0.2) is 0 Å². The minimum Gasteiger partial charge on any atom is -0.357 e. The van der Waals surface area contributed by atoms with Crippen molar-refractivity contribution in [2.45, 2.75) is 45.6 Å². The summed E-state index contributed by atoms with van der Waals surface area (Å²) in [5.41, 5.74) is -0.112. The highest BCUT2D eigenvalue weighted by atomic mass is 16.5. The fraction of sp³-hybridized carbons (Fsp3) is 1.00. The molecule has 1 aliphatic rings. The normalized spacial score (nSPS) is 41.3. The van der Waals surface area contributed by atoms with Crippen LogP contribution in [0.3, 0.4) is 0 Å². The van der Waals surface area contributed by atoms with E-state index >= 15 is 0 Å². The van der Waals surface area contributed by atoms with Gasteiger partial charge in [-0.3, -0.25) is 5.32 Å². The molecule has 2 atom stereocenters. The third-order valence-corrected chi connectivity index (χ3v) is 1.76. The molecular weight excluding hydrogens is 114 g/mol. The molecule has 2 nitrogen and oxygen atoms in total. The van der Waals surface area contributed by atoms with Gasteiger partial charge in [-0.1, -0.05) is 0 Å². The van der Waals surface area contributed by atoms with Crippen LogP contribution >= 0.6 is 0 Å². The van der Waals surface area contributed by atoms with Gasteiger partial charge in [0.2, 0.25) is 0 Å². The van der Waals surface area contributed by atoms with Gasteiger partial charge in [0, 0.05) is 6.04 Å². The van der Waals surface area contributed by atoms with E-state index < -0.39 is 0 Å². The minimum absolute atomic E-state index is 0.112. The van der Waals surface area contributed by atoms with Crippen molar-refractivity contribution in [2.75, 3.05) is 0 Å².